The smallest absolute Gasteiger partial charge is 0.176 e. The summed E-state index contributed by atoms with van der Waals surface area (Å²) in [5, 5.41) is 0. The summed E-state index contributed by atoms with van der Waals surface area (Å²) in [6, 6.07) is 6.29. The molecule has 2 aliphatic rings. The van der Waals surface area contributed by atoms with Crippen LogP contribution in [-0.2, 0) is 12.8 Å². The Morgan fingerprint density at radius 2 is 1.70 bits per heavy atom. The highest BCUT2D eigenvalue weighted by molar-refractivity contribution is 5.97. The van der Waals surface area contributed by atoms with Gasteiger partial charge in [0.2, 0.25) is 0 Å². The lowest BCUT2D eigenvalue weighted by Crippen LogP contribution is -2.46. The maximum Gasteiger partial charge on any atom is 0.176 e. The number of piperazine rings is 1. The van der Waals surface area contributed by atoms with E-state index in [1.54, 1.807) is 0 Å². The van der Waals surface area contributed by atoms with Crippen LogP contribution in [0.1, 0.15) is 41.8 Å². The molecule has 23 heavy (non-hydrogen) atoms. The maximum absolute atomic E-state index is 12.3. The fourth-order valence-corrected chi connectivity index (χ4v) is 3.05. The molecule has 1 aromatic rings. The lowest BCUT2D eigenvalue weighted by Gasteiger charge is -2.31. The minimum atomic E-state index is 0.277. The maximum atomic E-state index is 12.3. The largest absolute Gasteiger partial charge is 0.304 e. The summed E-state index contributed by atoms with van der Waals surface area (Å²) < 4.78 is 0. The lowest BCUT2D eigenvalue weighted by atomic mass is 10.0. The average molecular weight is 314 g/mol. The predicted molar refractivity (Wildman–Crippen MR) is 97.2 cm³/mol. The Labute approximate surface area is 141 Å². The van der Waals surface area contributed by atoms with E-state index in [9.17, 15) is 4.79 Å². The van der Waals surface area contributed by atoms with Gasteiger partial charge in [-0.1, -0.05) is 24.3 Å². The summed E-state index contributed by atoms with van der Waals surface area (Å²) in [4.78, 5) is 16.9. The molecule has 0 radical (unpaired) electrons. The van der Waals surface area contributed by atoms with E-state index < -0.39 is 0 Å². The molecule has 3 heteroatoms. The summed E-state index contributed by atoms with van der Waals surface area (Å²) >= 11 is 0. The zero-order chi connectivity index (χ0) is 16.7. The van der Waals surface area contributed by atoms with Gasteiger partial charge in [-0.15, -0.1) is 0 Å². The van der Waals surface area contributed by atoms with E-state index in [1.807, 2.05) is 32.1 Å². The zero-order valence-electron chi connectivity index (χ0n) is 14.8. The van der Waals surface area contributed by atoms with Gasteiger partial charge in [-0.3, -0.25) is 9.69 Å². The van der Waals surface area contributed by atoms with Crippen LogP contribution < -0.4 is 0 Å². The van der Waals surface area contributed by atoms with Crippen LogP contribution in [0.15, 0.2) is 30.4 Å². The van der Waals surface area contributed by atoms with Gasteiger partial charge in [-0.2, -0.15) is 0 Å². The molecular formula is C20H30N2O. The highest BCUT2D eigenvalue weighted by atomic mass is 16.1. The fourth-order valence-electron chi connectivity index (χ4n) is 3.05. The van der Waals surface area contributed by atoms with E-state index in [0.717, 1.165) is 38.2 Å². The van der Waals surface area contributed by atoms with E-state index in [-0.39, 0.29) is 5.78 Å². The number of carbonyl (C=O) groups excluding carboxylic acids is 1. The molecule has 1 heterocycles. The average Bonchev–Trinajstić information content (AvgIpc) is 3.04. The number of rotatable bonds is 3. The Balaban J connectivity index is 0.000000433. The first kappa shape index (κ1) is 17.9. The quantitative estimate of drug-likeness (QED) is 0.632. The topological polar surface area (TPSA) is 23.6 Å². The van der Waals surface area contributed by atoms with Gasteiger partial charge < -0.3 is 4.90 Å². The van der Waals surface area contributed by atoms with E-state index in [4.69, 9.17) is 0 Å². The van der Waals surface area contributed by atoms with Gasteiger partial charge in [0, 0.05) is 31.7 Å². The summed E-state index contributed by atoms with van der Waals surface area (Å²) in [5.41, 5.74) is 3.74. The van der Waals surface area contributed by atoms with Crippen molar-refractivity contribution in [2.24, 2.45) is 0 Å². The van der Waals surface area contributed by atoms with Crippen LogP contribution in [0, 0.1) is 0 Å². The van der Waals surface area contributed by atoms with Crippen LogP contribution in [0.3, 0.4) is 0 Å². The minimum Gasteiger partial charge on any atom is -0.304 e. The number of benzene rings is 1. The molecule has 126 valence electrons. The Hall–Kier alpha value is -1.45. The zero-order valence-corrected chi connectivity index (χ0v) is 14.8. The first-order valence-electron chi connectivity index (χ1n) is 8.77. The second-order valence-corrected chi connectivity index (χ2v) is 6.51. The fraction of sp³-hybridized carbons (Fsp3) is 0.550. The van der Waals surface area contributed by atoms with E-state index in [1.165, 1.54) is 24.0 Å². The Morgan fingerprint density at radius 3 is 2.35 bits per heavy atom. The summed E-state index contributed by atoms with van der Waals surface area (Å²) in [6.45, 7) is 8.72. The molecule has 0 spiro atoms. The summed E-state index contributed by atoms with van der Waals surface area (Å²) in [6.07, 6.45) is 7.57. The molecule has 1 aliphatic heterocycles. The number of allylic oxidation sites excluding steroid dienone is 2. The highest BCUT2D eigenvalue weighted by Gasteiger charge is 2.19. The molecule has 0 unspecified atom stereocenters. The van der Waals surface area contributed by atoms with Gasteiger partial charge in [-0.05, 0) is 57.4 Å². The van der Waals surface area contributed by atoms with Gasteiger partial charge >= 0.3 is 0 Å². The minimum absolute atomic E-state index is 0.277. The number of ketones is 1. The van der Waals surface area contributed by atoms with Gasteiger partial charge in [0.15, 0.2) is 5.78 Å². The van der Waals surface area contributed by atoms with Crippen LogP contribution in [0.25, 0.3) is 0 Å². The Kier molecular flexibility index (Phi) is 7.00. The molecular weight excluding hydrogens is 284 g/mol. The second kappa shape index (κ2) is 8.99. The molecule has 0 saturated carbocycles. The normalized spacial score (nSPS) is 18.6. The molecule has 0 amide bonds. The van der Waals surface area contributed by atoms with E-state index in [2.05, 4.69) is 29.0 Å². The first-order valence-corrected chi connectivity index (χ1v) is 8.77. The van der Waals surface area contributed by atoms with Crippen molar-refractivity contribution in [2.45, 2.75) is 33.1 Å². The second-order valence-electron chi connectivity index (χ2n) is 6.51. The van der Waals surface area contributed by atoms with Crippen molar-refractivity contribution in [1.29, 1.82) is 0 Å². The predicted octanol–water partition coefficient (Wildman–Crippen LogP) is 3.19. The van der Waals surface area contributed by atoms with Crippen LogP contribution in [0.4, 0.5) is 0 Å². The summed E-state index contributed by atoms with van der Waals surface area (Å²) in [5.74, 6) is 0.277. The number of carbonyl (C=O) groups is 1. The number of likely N-dealkylation sites (N-methyl/N-ethyl adjacent to an activating group) is 1. The molecule has 0 bridgehead atoms. The lowest BCUT2D eigenvalue weighted by molar-refractivity contribution is 0.0876. The van der Waals surface area contributed by atoms with Crippen LogP contribution in [0.5, 0.6) is 0 Å². The number of hydrogen-bond acceptors (Lipinski definition) is 3. The van der Waals surface area contributed by atoms with Crippen molar-refractivity contribution in [1.82, 2.24) is 9.80 Å². The van der Waals surface area contributed by atoms with Crippen molar-refractivity contribution >= 4 is 5.78 Å². The van der Waals surface area contributed by atoms with Crippen molar-refractivity contribution in [3.05, 3.63) is 47.0 Å². The molecule has 3 rings (SSSR count). The summed E-state index contributed by atoms with van der Waals surface area (Å²) in [7, 11) is 2.14. The third-order valence-electron chi connectivity index (χ3n) is 4.72. The molecule has 0 aromatic heterocycles. The highest BCUT2D eigenvalue weighted by Crippen LogP contribution is 2.23. The third-order valence-corrected chi connectivity index (χ3v) is 4.72. The van der Waals surface area contributed by atoms with Gasteiger partial charge in [0.1, 0.15) is 0 Å². The Morgan fingerprint density at radius 1 is 1.04 bits per heavy atom. The molecule has 0 N–H and O–H groups in total. The molecule has 1 aliphatic carbocycles. The first-order chi connectivity index (χ1) is 11.1. The SMILES string of the molecule is C/C=C\C.CN1CCN(CC(=O)c2ccc3c(c2)CCC3)CC1. The number of aryl methyl sites for hydroxylation is 2. The Bertz CT molecular complexity index is 539. The molecule has 3 nitrogen and oxygen atoms in total. The third kappa shape index (κ3) is 5.29. The molecule has 0 atom stereocenters. The van der Waals surface area contributed by atoms with E-state index >= 15 is 0 Å². The number of Topliss-reactive ketones (excluding diaryl/α,β-unsaturated/α-hetero) is 1. The molecule has 1 fully saturated rings. The van der Waals surface area contributed by atoms with E-state index in [0.29, 0.717) is 6.54 Å². The van der Waals surface area contributed by atoms with Gasteiger partial charge in [0.25, 0.3) is 0 Å². The van der Waals surface area contributed by atoms with Crippen molar-refractivity contribution in [3.8, 4) is 0 Å². The van der Waals surface area contributed by atoms with Gasteiger partial charge in [-0.25, -0.2) is 0 Å². The van der Waals surface area contributed by atoms with Crippen molar-refractivity contribution in [2.75, 3.05) is 39.8 Å². The molecule has 1 saturated heterocycles. The van der Waals surface area contributed by atoms with Crippen molar-refractivity contribution < 1.29 is 4.79 Å². The standard InChI is InChI=1S/C16H22N2O.C4H8/c1-17-7-9-18(10-8-17)12-16(19)15-6-5-13-3-2-4-14(13)11-15;1-3-4-2/h5-6,11H,2-4,7-10,12H2,1H3;3-4H,1-2H3/b;4-3-. The van der Waals surface area contributed by atoms with Crippen molar-refractivity contribution in [3.63, 3.8) is 0 Å². The number of nitrogens with zero attached hydrogens (tertiary/aromatic N) is 2. The van der Waals surface area contributed by atoms with Gasteiger partial charge in [0.05, 0.1) is 6.54 Å². The number of hydrogen-bond donors (Lipinski definition) is 0. The van der Waals surface area contributed by atoms with Crippen LogP contribution in [-0.4, -0.2) is 55.4 Å². The number of fused-ring (bicyclic) bond motifs is 1. The molecule has 1 aromatic carbocycles. The monoisotopic (exact) mass is 314 g/mol. The van der Waals surface area contributed by atoms with Crippen LogP contribution in [0.2, 0.25) is 0 Å². The van der Waals surface area contributed by atoms with Crippen LogP contribution >= 0.6 is 0 Å².